The second kappa shape index (κ2) is 16.9. The summed E-state index contributed by atoms with van der Waals surface area (Å²) in [4.78, 5) is 13.6. The lowest BCUT2D eigenvalue weighted by Gasteiger charge is -2.18. The fourth-order valence-electron chi connectivity index (χ4n) is 4.47. The van der Waals surface area contributed by atoms with Gasteiger partial charge in [-0.25, -0.2) is 0 Å². The fourth-order valence-corrected chi connectivity index (χ4v) is 4.47. The van der Waals surface area contributed by atoms with E-state index in [-0.39, 0.29) is 5.56 Å². The molecule has 2 aromatic rings. The number of hydrogen-bond donors (Lipinski definition) is 1. The highest BCUT2D eigenvalue weighted by atomic mass is 16.5. The number of unbranched alkanes of at least 4 members (excludes halogenated alkanes) is 6. The van der Waals surface area contributed by atoms with E-state index in [4.69, 9.17) is 9.47 Å². The van der Waals surface area contributed by atoms with E-state index >= 15 is 0 Å². The van der Waals surface area contributed by atoms with Crippen LogP contribution in [0.2, 0.25) is 0 Å². The lowest BCUT2D eigenvalue weighted by Crippen LogP contribution is -2.24. The third kappa shape index (κ3) is 9.94. The first-order chi connectivity index (χ1) is 17.9. The molecule has 0 unspecified atom stereocenters. The number of aryl methyl sites for hydroxylation is 1. The summed E-state index contributed by atoms with van der Waals surface area (Å²) >= 11 is 0. The number of allylic oxidation sites excluding steroid dienone is 3. The molecule has 5 heteroatoms. The van der Waals surface area contributed by atoms with Crippen molar-refractivity contribution in [2.24, 2.45) is 0 Å². The minimum Gasteiger partial charge on any atom is -0.492 e. The van der Waals surface area contributed by atoms with E-state index in [1.807, 2.05) is 10.6 Å². The summed E-state index contributed by atoms with van der Waals surface area (Å²) in [5, 5.41) is 4.42. The summed E-state index contributed by atoms with van der Waals surface area (Å²) < 4.78 is 13.7. The molecule has 1 aromatic carbocycles. The predicted octanol–water partition coefficient (Wildman–Crippen LogP) is 8.65. The summed E-state index contributed by atoms with van der Waals surface area (Å²) in [5.41, 5.74) is 4.52. The minimum atomic E-state index is -0.101. The van der Waals surface area contributed by atoms with Gasteiger partial charge in [0.1, 0.15) is 0 Å². The molecule has 37 heavy (non-hydrogen) atoms. The third-order valence-electron chi connectivity index (χ3n) is 6.71. The molecular formula is C32H50N2O3. The zero-order valence-electron chi connectivity index (χ0n) is 24.3. The monoisotopic (exact) mass is 510 g/mol. The first kappa shape index (κ1) is 30.5. The fraction of sp³-hybridized carbons (Fsp3) is 0.594. The van der Waals surface area contributed by atoms with Crippen LogP contribution < -0.4 is 20.3 Å². The van der Waals surface area contributed by atoms with Gasteiger partial charge in [-0.1, -0.05) is 75.7 Å². The zero-order valence-corrected chi connectivity index (χ0v) is 24.3. The number of aromatic nitrogens is 1. The second-order valence-electron chi connectivity index (χ2n) is 10.3. The molecule has 0 saturated carbocycles. The summed E-state index contributed by atoms with van der Waals surface area (Å²) in [6.45, 7) is 12.8. The van der Waals surface area contributed by atoms with Crippen LogP contribution in [0.3, 0.4) is 0 Å². The Morgan fingerprint density at radius 2 is 1.68 bits per heavy atom. The van der Waals surface area contributed by atoms with Crippen molar-refractivity contribution in [3.63, 3.8) is 0 Å². The molecular weight excluding hydrogens is 460 g/mol. The first-order valence-electron chi connectivity index (χ1n) is 14.3. The Bertz CT molecular complexity index is 1080. The number of benzene rings is 1. The van der Waals surface area contributed by atoms with E-state index in [1.165, 1.54) is 36.8 Å². The van der Waals surface area contributed by atoms with E-state index in [9.17, 15) is 4.79 Å². The van der Waals surface area contributed by atoms with Crippen LogP contribution >= 0.6 is 0 Å². The molecule has 0 spiro atoms. The number of nitrogens with zero attached hydrogens (tertiary/aromatic N) is 1. The van der Waals surface area contributed by atoms with Gasteiger partial charge in [0.15, 0.2) is 5.75 Å². The van der Waals surface area contributed by atoms with Gasteiger partial charge in [-0.05, 0) is 64.7 Å². The Morgan fingerprint density at radius 1 is 0.946 bits per heavy atom. The van der Waals surface area contributed by atoms with Crippen LogP contribution in [-0.2, 0) is 6.54 Å². The Kier molecular flexibility index (Phi) is 14.0. The number of ether oxygens (including phenoxy) is 2. The molecule has 1 N–H and O–H groups in total. The predicted molar refractivity (Wildman–Crippen MR) is 159 cm³/mol. The van der Waals surface area contributed by atoms with Crippen molar-refractivity contribution < 1.29 is 9.47 Å². The lowest BCUT2D eigenvalue weighted by atomic mass is 10.1. The van der Waals surface area contributed by atoms with Crippen LogP contribution in [0.15, 0.2) is 46.3 Å². The van der Waals surface area contributed by atoms with E-state index in [2.05, 4.69) is 64.2 Å². The highest BCUT2D eigenvalue weighted by Crippen LogP contribution is 2.34. The van der Waals surface area contributed by atoms with Gasteiger partial charge in [0, 0.05) is 24.2 Å². The standard InChI is InChI=1S/C32H50N2O3/c1-7-9-11-12-13-14-23-37-31-30(36-6)28-19-18-27(24-29(28)34(32(31)35)22-10-8-2)33-21-20-26(5)17-15-16-25(3)4/h16,18-20,24,33H,7-15,17,21-23H2,1-6H3. The number of nitrogens with one attached hydrogen (secondary N) is 1. The molecule has 1 heterocycles. The van der Waals surface area contributed by atoms with Crippen molar-refractivity contribution in [1.29, 1.82) is 0 Å². The Morgan fingerprint density at radius 3 is 2.38 bits per heavy atom. The highest BCUT2D eigenvalue weighted by molar-refractivity contribution is 5.90. The topological polar surface area (TPSA) is 52.5 Å². The van der Waals surface area contributed by atoms with E-state index < -0.39 is 0 Å². The van der Waals surface area contributed by atoms with Crippen molar-refractivity contribution in [2.75, 3.05) is 25.6 Å². The highest BCUT2D eigenvalue weighted by Gasteiger charge is 2.19. The van der Waals surface area contributed by atoms with E-state index in [0.717, 1.165) is 61.7 Å². The van der Waals surface area contributed by atoms with Crippen LogP contribution in [0.4, 0.5) is 5.69 Å². The molecule has 5 nitrogen and oxygen atoms in total. The Labute approximate surface area is 224 Å². The van der Waals surface area contributed by atoms with Crippen molar-refractivity contribution in [2.45, 2.75) is 105 Å². The second-order valence-corrected chi connectivity index (χ2v) is 10.3. The SMILES string of the molecule is CCCCCCCCOc1c(OC)c2ccc(NCC=C(C)CCC=C(C)C)cc2n(CCCC)c1=O. The molecule has 206 valence electrons. The van der Waals surface area contributed by atoms with Gasteiger partial charge in [0.25, 0.3) is 5.56 Å². The smallest absolute Gasteiger partial charge is 0.297 e. The van der Waals surface area contributed by atoms with Crippen LogP contribution in [0, 0.1) is 0 Å². The number of fused-ring (bicyclic) bond motifs is 1. The van der Waals surface area contributed by atoms with Crippen molar-refractivity contribution in [3.05, 3.63) is 51.9 Å². The van der Waals surface area contributed by atoms with Gasteiger partial charge in [-0.3, -0.25) is 4.79 Å². The van der Waals surface area contributed by atoms with Gasteiger partial charge >= 0.3 is 0 Å². The molecule has 0 aliphatic heterocycles. The first-order valence-corrected chi connectivity index (χ1v) is 14.3. The zero-order chi connectivity index (χ0) is 27.0. The summed E-state index contributed by atoms with van der Waals surface area (Å²) in [7, 11) is 1.62. The molecule has 0 radical (unpaired) electrons. The van der Waals surface area contributed by atoms with Gasteiger partial charge < -0.3 is 19.4 Å². The summed E-state index contributed by atoms with van der Waals surface area (Å²) in [5.74, 6) is 0.885. The van der Waals surface area contributed by atoms with Crippen molar-refractivity contribution in [3.8, 4) is 11.5 Å². The molecule has 0 fully saturated rings. The van der Waals surface area contributed by atoms with Crippen LogP contribution in [0.1, 0.15) is 98.8 Å². The van der Waals surface area contributed by atoms with Crippen molar-refractivity contribution in [1.82, 2.24) is 4.57 Å². The largest absolute Gasteiger partial charge is 0.492 e. The van der Waals surface area contributed by atoms with Gasteiger partial charge in [0.2, 0.25) is 5.75 Å². The average molecular weight is 511 g/mol. The average Bonchev–Trinajstić information content (AvgIpc) is 2.87. The Hall–Kier alpha value is -2.69. The normalized spacial score (nSPS) is 11.6. The maximum atomic E-state index is 13.6. The molecule has 2 rings (SSSR count). The number of hydrogen-bond acceptors (Lipinski definition) is 4. The van der Waals surface area contributed by atoms with Crippen molar-refractivity contribution >= 4 is 16.6 Å². The number of anilines is 1. The quantitative estimate of drug-likeness (QED) is 0.161. The molecule has 0 saturated heterocycles. The number of rotatable bonds is 18. The van der Waals surface area contributed by atoms with E-state index in [0.29, 0.717) is 24.7 Å². The maximum Gasteiger partial charge on any atom is 0.297 e. The Balaban J connectivity index is 2.23. The van der Waals surface area contributed by atoms with Gasteiger partial charge in [-0.2, -0.15) is 0 Å². The molecule has 0 bridgehead atoms. The van der Waals surface area contributed by atoms with E-state index in [1.54, 1.807) is 7.11 Å². The summed E-state index contributed by atoms with van der Waals surface area (Å²) in [6, 6.07) is 6.17. The molecule has 0 atom stereocenters. The maximum absolute atomic E-state index is 13.6. The lowest BCUT2D eigenvalue weighted by molar-refractivity contribution is 0.280. The number of methoxy groups -OCH3 is 1. The van der Waals surface area contributed by atoms with Gasteiger partial charge in [-0.15, -0.1) is 0 Å². The van der Waals surface area contributed by atoms with Gasteiger partial charge in [0.05, 0.1) is 19.2 Å². The molecule has 0 aliphatic carbocycles. The molecule has 0 aliphatic rings. The summed E-state index contributed by atoms with van der Waals surface area (Å²) in [6.07, 6.45) is 15.7. The number of pyridine rings is 1. The molecule has 1 aromatic heterocycles. The van der Waals surface area contributed by atoms with Crippen LogP contribution in [0.25, 0.3) is 10.9 Å². The van der Waals surface area contributed by atoms with Crippen LogP contribution in [-0.4, -0.2) is 24.8 Å². The third-order valence-corrected chi connectivity index (χ3v) is 6.71. The van der Waals surface area contributed by atoms with Crippen LogP contribution in [0.5, 0.6) is 11.5 Å². The molecule has 0 amide bonds. The minimum absolute atomic E-state index is 0.101.